The van der Waals surface area contributed by atoms with E-state index in [1.165, 1.54) is 7.11 Å². The minimum atomic E-state index is -0.545. The molecule has 0 saturated carbocycles. The Bertz CT molecular complexity index is 388. The lowest BCUT2D eigenvalue weighted by molar-refractivity contribution is -0.140. The van der Waals surface area contributed by atoms with E-state index in [0.29, 0.717) is 6.61 Å². The van der Waals surface area contributed by atoms with E-state index in [1.54, 1.807) is 0 Å². The second kappa shape index (κ2) is 6.33. The Hall–Kier alpha value is -1.29. The highest BCUT2D eigenvalue weighted by atomic mass is 79.9. The molecule has 0 radical (unpaired) electrons. The highest BCUT2D eigenvalue weighted by molar-refractivity contribution is 9.08. The quantitative estimate of drug-likeness (QED) is 0.361. The van der Waals surface area contributed by atoms with Crippen molar-refractivity contribution in [2.45, 2.75) is 11.9 Å². The Kier molecular flexibility index (Phi) is 5.05. The third kappa shape index (κ3) is 3.38. The van der Waals surface area contributed by atoms with E-state index in [2.05, 4.69) is 27.2 Å². The average Bonchev–Trinajstić information content (AvgIpc) is 2.35. The SMILES string of the molecule is C=C(OCc1ccccc1CBr)C(=O)OC. The third-order valence-electron chi connectivity index (χ3n) is 2.08. The van der Waals surface area contributed by atoms with Gasteiger partial charge in [0, 0.05) is 5.33 Å². The number of alkyl halides is 1. The lowest BCUT2D eigenvalue weighted by Gasteiger charge is -2.09. The third-order valence-corrected chi connectivity index (χ3v) is 2.68. The number of rotatable bonds is 5. The van der Waals surface area contributed by atoms with E-state index in [0.717, 1.165) is 16.5 Å². The number of hydrogen-bond acceptors (Lipinski definition) is 3. The van der Waals surface area contributed by atoms with E-state index in [-0.39, 0.29) is 5.76 Å². The van der Waals surface area contributed by atoms with Gasteiger partial charge in [0.2, 0.25) is 0 Å². The molecule has 0 bridgehead atoms. The first kappa shape index (κ1) is 12.8. The van der Waals surface area contributed by atoms with E-state index < -0.39 is 5.97 Å². The smallest absolute Gasteiger partial charge is 0.372 e. The summed E-state index contributed by atoms with van der Waals surface area (Å²) < 4.78 is 9.72. The van der Waals surface area contributed by atoms with Gasteiger partial charge in [0.15, 0.2) is 5.76 Å². The van der Waals surface area contributed by atoms with Crippen LogP contribution in [0.3, 0.4) is 0 Å². The van der Waals surface area contributed by atoms with Crippen LogP contribution in [0.15, 0.2) is 36.6 Å². The normalized spacial score (nSPS) is 9.62. The molecule has 0 amide bonds. The first-order valence-corrected chi connectivity index (χ1v) is 5.84. The summed E-state index contributed by atoms with van der Waals surface area (Å²) in [6.07, 6.45) is 0. The molecule has 0 unspecified atom stereocenters. The van der Waals surface area contributed by atoms with Gasteiger partial charge in [0.05, 0.1) is 7.11 Å². The van der Waals surface area contributed by atoms with Crippen molar-refractivity contribution in [3.8, 4) is 0 Å². The summed E-state index contributed by atoms with van der Waals surface area (Å²) in [5.74, 6) is -0.525. The fourth-order valence-electron chi connectivity index (χ4n) is 1.17. The lowest BCUT2D eigenvalue weighted by Crippen LogP contribution is -2.07. The number of halogens is 1. The molecule has 0 N–H and O–H groups in total. The van der Waals surface area contributed by atoms with E-state index in [9.17, 15) is 4.79 Å². The van der Waals surface area contributed by atoms with Crippen LogP contribution >= 0.6 is 15.9 Å². The molecule has 3 nitrogen and oxygen atoms in total. The van der Waals surface area contributed by atoms with Crippen LogP contribution in [0.5, 0.6) is 0 Å². The van der Waals surface area contributed by atoms with Crippen molar-refractivity contribution in [1.29, 1.82) is 0 Å². The van der Waals surface area contributed by atoms with Gasteiger partial charge in [-0.15, -0.1) is 0 Å². The zero-order valence-electron chi connectivity index (χ0n) is 9.03. The molecule has 16 heavy (non-hydrogen) atoms. The summed E-state index contributed by atoms with van der Waals surface area (Å²) >= 11 is 3.39. The first-order valence-electron chi connectivity index (χ1n) is 4.71. The minimum Gasteiger partial charge on any atom is -0.482 e. The van der Waals surface area contributed by atoms with Gasteiger partial charge in [-0.3, -0.25) is 0 Å². The molecule has 0 aliphatic rings. The van der Waals surface area contributed by atoms with Crippen LogP contribution in [-0.4, -0.2) is 13.1 Å². The largest absolute Gasteiger partial charge is 0.482 e. The van der Waals surface area contributed by atoms with Gasteiger partial charge in [-0.05, 0) is 17.7 Å². The molecule has 0 aromatic heterocycles. The number of carbonyl (C=O) groups excluding carboxylic acids is 1. The van der Waals surface area contributed by atoms with Crippen LogP contribution in [0.2, 0.25) is 0 Å². The van der Waals surface area contributed by atoms with Crippen molar-refractivity contribution < 1.29 is 14.3 Å². The molecular weight excluding hydrogens is 272 g/mol. The second-order valence-corrected chi connectivity index (χ2v) is 3.67. The molecule has 0 aliphatic heterocycles. The van der Waals surface area contributed by atoms with Crippen molar-refractivity contribution in [1.82, 2.24) is 0 Å². The molecule has 4 heteroatoms. The van der Waals surface area contributed by atoms with E-state index in [1.807, 2.05) is 24.3 Å². The van der Waals surface area contributed by atoms with Gasteiger partial charge in [-0.25, -0.2) is 4.79 Å². The number of carbonyl (C=O) groups is 1. The Balaban J connectivity index is 2.61. The molecule has 0 atom stereocenters. The maximum atomic E-state index is 11.0. The molecular formula is C12H13BrO3. The van der Waals surface area contributed by atoms with Crippen LogP contribution in [0.4, 0.5) is 0 Å². The summed E-state index contributed by atoms with van der Waals surface area (Å²) in [5, 5.41) is 0.747. The van der Waals surface area contributed by atoms with Crippen LogP contribution in [0.25, 0.3) is 0 Å². The molecule has 1 aromatic carbocycles. The minimum absolute atomic E-state index is 0.0203. The summed E-state index contributed by atoms with van der Waals surface area (Å²) in [5.41, 5.74) is 2.14. The molecule has 1 rings (SSSR count). The highest BCUT2D eigenvalue weighted by Gasteiger charge is 2.08. The predicted octanol–water partition coefficient (Wildman–Crippen LogP) is 2.78. The molecule has 0 aliphatic carbocycles. The number of methoxy groups -OCH3 is 1. The summed E-state index contributed by atoms with van der Waals surface area (Å²) in [6, 6.07) is 7.82. The monoisotopic (exact) mass is 284 g/mol. The van der Waals surface area contributed by atoms with E-state index in [4.69, 9.17) is 4.74 Å². The fraction of sp³-hybridized carbons (Fsp3) is 0.250. The van der Waals surface area contributed by atoms with Gasteiger partial charge < -0.3 is 9.47 Å². The Morgan fingerprint density at radius 3 is 2.56 bits per heavy atom. The van der Waals surface area contributed by atoms with Crippen molar-refractivity contribution in [2.24, 2.45) is 0 Å². The molecule has 86 valence electrons. The average molecular weight is 285 g/mol. The fourth-order valence-corrected chi connectivity index (χ4v) is 1.71. The molecule has 0 spiro atoms. The standard InChI is InChI=1S/C12H13BrO3/c1-9(12(14)15-2)16-8-11-6-4-3-5-10(11)7-13/h3-6H,1,7-8H2,2H3. The second-order valence-electron chi connectivity index (χ2n) is 3.11. The molecule has 0 fully saturated rings. The molecule has 1 aromatic rings. The zero-order chi connectivity index (χ0) is 12.0. The van der Waals surface area contributed by atoms with Crippen molar-refractivity contribution in [3.05, 3.63) is 47.7 Å². The number of esters is 1. The summed E-state index contributed by atoms with van der Waals surface area (Å²) in [7, 11) is 1.29. The zero-order valence-corrected chi connectivity index (χ0v) is 10.6. The van der Waals surface area contributed by atoms with Crippen molar-refractivity contribution in [3.63, 3.8) is 0 Å². The van der Waals surface area contributed by atoms with Gasteiger partial charge in [-0.2, -0.15) is 0 Å². The van der Waals surface area contributed by atoms with Gasteiger partial charge in [0.1, 0.15) is 6.61 Å². The maximum absolute atomic E-state index is 11.0. The Morgan fingerprint density at radius 2 is 2.00 bits per heavy atom. The summed E-state index contributed by atoms with van der Waals surface area (Å²) in [6.45, 7) is 3.80. The Morgan fingerprint density at radius 1 is 1.38 bits per heavy atom. The number of benzene rings is 1. The number of hydrogen-bond donors (Lipinski definition) is 0. The van der Waals surface area contributed by atoms with Crippen molar-refractivity contribution in [2.75, 3.05) is 7.11 Å². The topological polar surface area (TPSA) is 35.5 Å². The van der Waals surface area contributed by atoms with Gasteiger partial charge >= 0.3 is 5.97 Å². The number of ether oxygens (including phenoxy) is 2. The van der Waals surface area contributed by atoms with Crippen LogP contribution in [0.1, 0.15) is 11.1 Å². The van der Waals surface area contributed by atoms with E-state index >= 15 is 0 Å². The lowest BCUT2D eigenvalue weighted by atomic mass is 10.1. The Labute approximate surface area is 103 Å². The van der Waals surface area contributed by atoms with Crippen LogP contribution in [0, 0.1) is 0 Å². The predicted molar refractivity (Wildman–Crippen MR) is 65.0 cm³/mol. The van der Waals surface area contributed by atoms with Crippen LogP contribution in [-0.2, 0) is 26.2 Å². The van der Waals surface area contributed by atoms with Gasteiger partial charge in [-0.1, -0.05) is 40.2 Å². The molecule has 0 saturated heterocycles. The van der Waals surface area contributed by atoms with Crippen molar-refractivity contribution >= 4 is 21.9 Å². The van der Waals surface area contributed by atoms with Crippen LogP contribution < -0.4 is 0 Å². The van der Waals surface area contributed by atoms with Gasteiger partial charge in [0.25, 0.3) is 0 Å². The summed E-state index contributed by atoms with van der Waals surface area (Å²) in [4.78, 5) is 11.0. The maximum Gasteiger partial charge on any atom is 0.372 e. The first-order chi connectivity index (χ1) is 7.69. The highest BCUT2D eigenvalue weighted by Crippen LogP contribution is 2.14. The molecule has 0 heterocycles.